The summed E-state index contributed by atoms with van der Waals surface area (Å²) in [5, 5.41) is 11.0. The Bertz CT molecular complexity index is 1700. The van der Waals surface area contributed by atoms with Gasteiger partial charge in [0.1, 0.15) is 18.0 Å². The quantitative estimate of drug-likeness (QED) is 0.377. The molecule has 4 heterocycles. The summed E-state index contributed by atoms with van der Waals surface area (Å²) in [6.45, 7) is 4.31. The minimum Gasteiger partial charge on any atom is -0.444 e. The number of rotatable bonds is 4. The number of benzene rings is 1. The number of nitrogens with one attached hydrogen (secondary N) is 2. The van der Waals surface area contributed by atoms with Crippen molar-refractivity contribution in [3.05, 3.63) is 59.9 Å². The molecular weight excluding hydrogens is 501 g/mol. The van der Waals surface area contributed by atoms with Gasteiger partial charge in [0.15, 0.2) is 11.6 Å². The van der Waals surface area contributed by atoms with E-state index in [1.54, 1.807) is 57.4 Å². The number of carbonyl (C=O) groups excluding carboxylic acids is 2. The fraction of sp³-hybridized carbons (Fsp3) is 0.321. The number of nitrogens with zero attached hydrogens (tertiary/aromatic N) is 5. The van der Waals surface area contributed by atoms with Crippen LogP contribution in [0.15, 0.2) is 42.9 Å². The molecule has 1 aliphatic rings. The van der Waals surface area contributed by atoms with E-state index in [0.717, 1.165) is 10.5 Å². The Morgan fingerprint density at radius 1 is 1.18 bits per heavy atom. The fourth-order valence-electron chi connectivity index (χ4n) is 4.36. The SMILES string of the molecule is [2H]C([2H])([2H])N1CCc2cc(Nc3cc4cc(-c5cnccc5C)c(F)c(NC(=O)OC(C)(C)C)c4cn3)nn2CC1=O. The van der Waals surface area contributed by atoms with Crippen molar-refractivity contribution in [3.8, 4) is 11.1 Å². The molecule has 0 saturated carbocycles. The Kier molecular flexibility index (Phi) is 5.74. The molecule has 0 aliphatic carbocycles. The molecule has 0 atom stereocenters. The number of hydrogen-bond donors (Lipinski definition) is 2. The van der Waals surface area contributed by atoms with E-state index in [4.69, 9.17) is 8.85 Å². The number of halogens is 1. The third-order valence-electron chi connectivity index (χ3n) is 6.21. The van der Waals surface area contributed by atoms with Crippen LogP contribution < -0.4 is 10.6 Å². The monoisotopic (exact) mass is 534 g/mol. The average molecular weight is 535 g/mol. The number of carbonyl (C=O) groups is 2. The van der Waals surface area contributed by atoms with Crippen LogP contribution in [0.25, 0.3) is 21.9 Å². The van der Waals surface area contributed by atoms with Gasteiger partial charge >= 0.3 is 6.09 Å². The van der Waals surface area contributed by atoms with Gasteiger partial charge < -0.3 is 15.0 Å². The van der Waals surface area contributed by atoms with Crippen LogP contribution in [0.1, 0.15) is 36.1 Å². The fourth-order valence-corrected chi connectivity index (χ4v) is 4.36. The molecule has 0 unspecified atom stereocenters. The normalized spacial score (nSPS) is 15.2. The van der Waals surface area contributed by atoms with Crippen LogP contribution in [0, 0.1) is 12.7 Å². The second-order valence-corrected chi connectivity index (χ2v) is 10.3. The van der Waals surface area contributed by atoms with E-state index >= 15 is 4.39 Å². The van der Waals surface area contributed by atoms with E-state index in [1.807, 2.05) is 6.92 Å². The molecule has 1 aromatic carbocycles. The highest BCUT2D eigenvalue weighted by atomic mass is 19.1. The molecule has 39 heavy (non-hydrogen) atoms. The predicted molar refractivity (Wildman–Crippen MR) is 146 cm³/mol. The van der Waals surface area contributed by atoms with Gasteiger partial charge in [-0.3, -0.25) is 19.8 Å². The topological polar surface area (TPSA) is 114 Å². The molecule has 2 amide bonds. The maximum Gasteiger partial charge on any atom is 0.412 e. The molecule has 0 bridgehead atoms. The highest BCUT2D eigenvalue weighted by molar-refractivity contribution is 6.03. The molecule has 202 valence electrons. The number of likely N-dealkylation sites (N-methyl/N-ethyl adjacent to an activating group) is 1. The number of aryl methyl sites for hydroxylation is 1. The van der Waals surface area contributed by atoms with E-state index in [1.165, 1.54) is 10.9 Å². The maximum absolute atomic E-state index is 16.0. The molecule has 3 aromatic heterocycles. The molecule has 1 aliphatic heterocycles. The van der Waals surface area contributed by atoms with Gasteiger partial charge in [0.05, 0.1) is 5.69 Å². The van der Waals surface area contributed by atoms with Crippen LogP contribution in [0.5, 0.6) is 0 Å². The third kappa shape index (κ3) is 5.52. The Balaban J connectivity index is 1.50. The number of ether oxygens (including phenoxy) is 1. The summed E-state index contributed by atoms with van der Waals surface area (Å²) in [5.74, 6) is -0.405. The van der Waals surface area contributed by atoms with Gasteiger partial charge in [-0.15, -0.1) is 0 Å². The van der Waals surface area contributed by atoms with Gasteiger partial charge in [0.25, 0.3) is 0 Å². The van der Waals surface area contributed by atoms with Gasteiger partial charge in [0, 0.05) is 70.9 Å². The second kappa shape index (κ2) is 9.97. The molecule has 4 aromatic rings. The van der Waals surface area contributed by atoms with E-state index in [-0.39, 0.29) is 24.3 Å². The van der Waals surface area contributed by atoms with Crippen molar-refractivity contribution in [3.63, 3.8) is 0 Å². The number of fused-ring (bicyclic) bond motifs is 2. The Morgan fingerprint density at radius 3 is 2.74 bits per heavy atom. The van der Waals surface area contributed by atoms with E-state index < -0.39 is 30.4 Å². The largest absolute Gasteiger partial charge is 0.444 e. The van der Waals surface area contributed by atoms with Crippen molar-refractivity contribution in [2.24, 2.45) is 0 Å². The molecule has 2 N–H and O–H groups in total. The van der Waals surface area contributed by atoms with Crippen LogP contribution in [0.2, 0.25) is 0 Å². The Morgan fingerprint density at radius 2 is 2.00 bits per heavy atom. The zero-order valence-electron chi connectivity index (χ0n) is 25.0. The van der Waals surface area contributed by atoms with Crippen molar-refractivity contribution in [1.29, 1.82) is 0 Å². The van der Waals surface area contributed by atoms with Crippen LogP contribution in [-0.4, -0.2) is 55.8 Å². The van der Waals surface area contributed by atoms with Gasteiger partial charge in [-0.05, 0) is 56.8 Å². The van der Waals surface area contributed by atoms with Crippen molar-refractivity contribution in [1.82, 2.24) is 24.6 Å². The first-order valence-electron chi connectivity index (χ1n) is 13.9. The molecule has 0 spiro atoms. The van der Waals surface area contributed by atoms with E-state index in [2.05, 4.69) is 25.7 Å². The lowest BCUT2D eigenvalue weighted by Gasteiger charge is -2.21. The van der Waals surface area contributed by atoms with Crippen molar-refractivity contribution < 1.29 is 22.8 Å². The van der Waals surface area contributed by atoms with E-state index in [0.29, 0.717) is 40.1 Å². The van der Waals surface area contributed by atoms with Crippen LogP contribution in [-0.2, 0) is 22.5 Å². The van der Waals surface area contributed by atoms with Gasteiger partial charge in [-0.25, -0.2) is 14.2 Å². The summed E-state index contributed by atoms with van der Waals surface area (Å²) in [5.41, 5.74) is 1.42. The highest BCUT2D eigenvalue weighted by Gasteiger charge is 2.23. The van der Waals surface area contributed by atoms with Crippen LogP contribution in [0.3, 0.4) is 0 Å². The number of aromatic nitrogens is 4. The summed E-state index contributed by atoms with van der Waals surface area (Å²) in [4.78, 5) is 34.6. The zero-order chi connectivity index (χ0) is 30.4. The van der Waals surface area contributed by atoms with Crippen molar-refractivity contribution in [2.45, 2.75) is 46.3 Å². The molecule has 10 nitrogen and oxygen atoms in total. The summed E-state index contributed by atoms with van der Waals surface area (Å²) in [6.07, 6.45) is 4.12. The number of pyridine rings is 2. The summed E-state index contributed by atoms with van der Waals surface area (Å²) < 4.78 is 45.6. The van der Waals surface area contributed by atoms with Crippen LogP contribution >= 0.6 is 0 Å². The lowest BCUT2D eigenvalue weighted by Crippen LogP contribution is -2.29. The smallest absolute Gasteiger partial charge is 0.412 e. The summed E-state index contributed by atoms with van der Waals surface area (Å²) >= 11 is 0. The molecule has 11 heteroatoms. The van der Waals surface area contributed by atoms with E-state index in [9.17, 15) is 9.59 Å². The molecule has 5 rings (SSSR count). The Hall–Kier alpha value is -4.54. The molecule has 0 saturated heterocycles. The maximum atomic E-state index is 16.0. The van der Waals surface area contributed by atoms with Crippen LogP contribution in [0.4, 0.5) is 26.5 Å². The number of anilines is 3. The average Bonchev–Trinajstić information content (AvgIpc) is 3.16. The minimum absolute atomic E-state index is 0.0459. The lowest BCUT2D eigenvalue weighted by molar-refractivity contribution is -0.130. The third-order valence-corrected chi connectivity index (χ3v) is 6.21. The first-order valence-corrected chi connectivity index (χ1v) is 12.4. The molecule has 0 radical (unpaired) electrons. The summed E-state index contributed by atoms with van der Waals surface area (Å²) in [7, 11) is 0. The second-order valence-electron chi connectivity index (χ2n) is 10.3. The number of amides is 2. The zero-order valence-corrected chi connectivity index (χ0v) is 22.0. The van der Waals surface area contributed by atoms with Gasteiger partial charge in [0.2, 0.25) is 5.91 Å². The standard InChI is InChI=1S/C28H30FN7O3/c1-16-6-8-30-13-20(16)19-10-17-11-22(32-23-12-18-7-9-35(5)24(37)15-36(18)34-23)31-14-21(17)26(25(19)29)33-27(38)39-28(2,3)4/h6,8,10-14H,7,9,15H2,1-5H3,(H,33,38)(H,31,32,34)/i5D3. The summed E-state index contributed by atoms with van der Waals surface area (Å²) in [6, 6.07) is 6.85. The first-order chi connectivity index (χ1) is 19.7. The Labute approximate surface area is 229 Å². The van der Waals surface area contributed by atoms with Gasteiger partial charge in [-0.1, -0.05) is 0 Å². The first kappa shape index (κ1) is 22.4. The predicted octanol–water partition coefficient (Wildman–Crippen LogP) is 5.05. The molecular formula is C28H30FN7O3. The lowest BCUT2D eigenvalue weighted by atomic mass is 9.98. The highest BCUT2D eigenvalue weighted by Crippen LogP contribution is 2.37. The minimum atomic E-state index is -2.51. The van der Waals surface area contributed by atoms with Gasteiger partial charge in [-0.2, -0.15) is 5.10 Å². The molecule has 0 fully saturated rings. The van der Waals surface area contributed by atoms with Crippen molar-refractivity contribution in [2.75, 3.05) is 24.2 Å². The number of hydrogen-bond acceptors (Lipinski definition) is 7. The van der Waals surface area contributed by atoms with Crippen molar-refractivity contribution >= 4 is 40.1 Å².